The van der Waals surface area contributed by atoms with Crippen molar-refractivity contribution in [2.75, 3.05) is 13.1 Å². The second-order valence-corrected chi connectivity index (χ2v) is 2.75. The van der Waals surface area contributed by atoms with E-state index in [0.29, 0.717) is 4.32 Å². The number of hydrogen-bond donors (Lipinski definition) is 2. The quantitative estimate of drug-likeness (QED) is 0.368. The van der Waals surface area contributed by atoms with Crippen LogP contribution in [0, 0.1) is 0 Å². The van der Waals surface area contributed by atoms with Gasteiger partial charge in [-0.25, -0.2) is 5.01 Å². The number of thiol groups is 1. The van der Waals surface area contributed by atoms with Gasteiger partial charge in [0.05, 0.1) is 0 Å². The summed E-state index contributed by atoms with van der Waals surface area (Å²) in [5.41, 5.74) is 2.91. The van der Waals surface area contributed by atoms with Crippen LogP contribution in [0.5, 0.6) is 0 Å². The molecule has 54 valence electrons. The summed E-state index contributed by atoms with van der Waals surface area (Å²) in [5.74, 6) is 0. The third kappa shape index (κ3) is 4.69. The third-order valence-electron chi connectivity index (χ3n) is 1.02. The van der Waals surface area contributed by atoms with E-state index >= 15 is 0 Å². The lowest BCUT2D eigenvalue weighted by atomic mass is 10.6. The Morgan fingerprint density at radius 1 is 1.56 bits per heavy atom. The molecule has 0 aromatic heterocycles. The first-order chi connectivity index (χ1) is 4.20. The summed E-state index contributed by atoms with van der Waals surface area (Å²) in [6.45, 7) is 6.00. The molecule has 4 heteroatoms. The van der Waals surface area contributed by atoms with Gasteiger partial charge in [-0.1, -0.05) is 26.1 Å². The molecule has 0 aliphatic rings. The van der Waals surface area contributed by atoms with Crippen molar-refractivity contribution in [3.8, 4) is 0 Å². The Morgan fingerprint density at radius 2 is 2.00 bits per heavy atom. The molecule has 0 aromatic carbocycles. The van der Waals surface area contributed by atoms with Gasteiger partial charge in [0.15, 0.2) is 0 Å². The first kappa shape index (κ1) is 9.20. The number of hydrogen-bond acceptors (Lipinski definition) is 2. The molecule has 0 bridgehead atoms. The summed E-state index contributed by atoms with van der Waals surface area (Å²) >= 11 is 8.64. The largest absolute Gasteiger partial charge is 0.304 e. The molecule has 2 nitrogen and oxygen atoms in total. The van der Waals surface area contributed by atoms with E-state index in [2.05, 4.69) is 31.9 Å². The van der Waals surface area contributed by atoms with Gasteiger partial charge in [-0.15, -0.1) is 12.6 Å². The Kier molecular flexibility index (Phi) is 5.13. The molecule has 0 radical (unpaired) electrons. The second-order valence-electron chi connectivity index (χ2n) is 1.59. The van der Waals surface area contributed by atoms with Crippen molar-refractivity contribution in [1.29, 1.82) is 0 Å². The van der Waals surface area contributed by atoms with Crippen molar-refractivity contribution in [2.45, 2.75) is 13.8 Å². The minimum atomic E-state index is 0.527. The van der Waals surface area contributed by atoms with Crippen LogP contribution in [0.1, 0.15) is 13.8 Å². The van der Waals surface area contributed by atoms with E-state index in [-0.39, 0.29) is 0 Å². The Bertz CT molecular complexity index is 91.0. The van der Waals surface area contributed by atoms with Gasteiger partial charge in [0.2, 0.25) is 0 Å². The number of nitrogens with zero attached hydrogens (tertiary/aromatic N) is 1. The van der Waals surface area contributed by atoms with Crippen molar-refractivity contribution < 1.29 is 0 Å². The minimum absolute atomic E-state index is 0.527. The fraction of sp³-hybridized carbons (Fsp3) is 0.800. The van der Waals surface area contributed by atoms with Gasteiger partial charge in [-0.2, -0.15) is 0 Å². The highest BCUT2D eigenvalue weighted by molar-refractivity contribution is 8.11. The molecule has 0 aromatic rings. The minimum Gasteiger partial charge on any atom is -0.304 e. The standard InChI is InChI=1S/C5H12N2S2/c1-3-7(4-2)6-5(8)9/h3-4H2,1-2H3,(H2,6,8,9). The van der Waals surface area contributed by atoms with Crippen LogP contribution in [0.4, 0.5) is 0 Å². The van der Waals surface area contributed by atoms with Crippen LogP contribution in [0.3, 0.4) is 0 Å². The lowest BCUT2D eigenvalue weighted by Crippen LogP contribution is -2.38. The lowest BCUT2D eigenvalue weighted by molar-refractivity contribution is 0.267. The van der Waals surface area contributed by atoms with Crippen LogP contribution >= 0.6 is 24.8 Å². The van der Waals surface area contributed by atoms with Crippen molar-refractivity contribution in [2.24, 2.45) is 0 Å². The van der Waals surface area contributed by atoms with E-state index in [4.69, 9.17) is 12.2 Å². The first-order valence-electron chi connectivity index (χ1n) is 2.95. The molecule has 0 rings (SSSR count). The molecule has 0 spiro atoms. The van der Waals surface area contributed by atoms with Crippen molar-refractivity contribution in [3.05, 3.63) is 0 Å². The van der Waals surface area contributed by atoms with Gasteiger partial charge < -0.3 is 5.43 Å². The third-order valence-corrected chi connectivity index (χ3v) is 1.21. The van der Waals surface area contributed by atoms with Gasteiger partial charge in [-0.05, 0) is 0 Å². The second kappa shape index (κ2) is 5.02. The SMILES string of the molecule is CCN(CC)NC(=S)S. The fourth-order valence-corrected chi connectivity index (χ4v) is 0.788. The zero-order valence-electron chi connectivity index (χ0n) is 5.72. The monoisotopic (exact) mass is 164 g/mol. The zero-order valence-corrected chi connectivity index (χ0v) is 7.43. The Morgan fingerprint density at radius 3 is 2.11 bits per heavy atom. The maximum Gasteiger partial charge on any atom is 0.145 e. The van der Waals surface area contributed by atoms with Crippen molar-refractivity contribution in [3.63, 3.8) is 0 Å². The molecule has 0 saturated carbocycles. The van der Waals surface area contributed by atoms with Crippen LogP contribution < -0.4 is 5.43 Å². The summed E-state index contributed by atoms with van der Waals surface area (Å²) < 4.78 is 0.527. The van der Waals surface area contributed by atoms with E-state index in [1.165, 1.54) is 0 Å². The smallest absolute Gasteiger partial charge is 0.145 e. The average Bonchev–Trinajstić information content (AvgIpc) is 1.82. The van der Waals surface area contributed by atoms with Crippen LogP contribution in [-0.2, 0) is 0 Å². The Labute approximate surface area is 67.0 Å². The van der Waals surface area contributed by atoms with Gasteiger partial charge in [-0.3, -0.25) is 0 Å². The summed E-state index contributed by atoms with van der Waals surface area (Å²) in [4.78, 5) is 0. The molecule has 0 aliphatic carbocycles. The predicted molar refractivity (Wildman–Crippen MR) is 47.6 cm³/mol. The van der Waals surface area contributed by atoms with E-state index in [9.17, 15) is 0 Å². The predicted octanol–water partition coefficient (Wildman–Crippen LogP) is 1.05. The molecule has 1 N–H and O–H groups in total. The molecule has 0 amide bonds. The number of hydrazine groups is 1. The highest BCUT2D eigenvalue weighted by atomic mass is 32.1. The maximum atomic E-state index is 4.72. The molecule has 0 fully saturated rings. The molecular formula is C5H12N2S2. The van der Waals surface area contributed by atoms with Crippen LogP contribution in [0.2, 0.25) is 0 Å². The van der Waals surface area contributed by atoms with Crippen LogP contribution in [-0.4, -0.2) is 22.4 Å². The van der Waals surface area contributed by atoms with Gasteiger partial charge in [0.1, 0.15) is 4.32 Å². The zero-order chi connectivity index (χ0) is 7.28. The molecule has 9 heavy (non-hydrogen) atoms. The summed E-state index contributed by atoms with van der Waals surface area (Å²) in [6, 6.07) is 0. The van der Waals surface area contributed by atoms with Gasteiger partial charge in [0, 0.05) is 13.1 Å². The molecule has 0 aliphatic heterocycles. The van der Waals surface area contributed by atoms with E-state index in [1.807, 2.05) is 5.01 Å². The topological polar surface area (TPSA) is 15.3 Å². The lowest BCUT2D eigenvalue weighted by Gasteiger charge is -2.18. The summed E-state index contributed by atoms with van der Waals surface area (Å²) in [6.07, 6.45) is 0. The number of rotatable bonds is 3. The Balaban J connectivity index is 3.43. The van der Waals surface area contributed by atoms with E-state index < -0.39 is 0 Å². The maximum absolute atomic E-state index is 4.72. The molecule has 0 atom stereocenters. The molecule has 0 saturated heterocycles. The van der Waals surface area contributed by atoms with Crippen molar-refractivity contribution >= 4 is 29.2 Å². The van der Waals surface area contributed by atoms with E-state index in [0.717, 1.165) is 13.1 Å². The molecule has 0 unspecified atom stereocenters. The fourth-order valence-electron chi connectivity index (χ4n) is 0.517. The summed E-state index contributed by atoms with van der Waals surface area (Å²) in [5, 5.41) is 1.98. The Hall–Kier alpha value is 0.200. The van der Waals surface area contributed by atoms with Gasteiger partial charge >= 0.3 is 0 Å². The van der Waals surface area contributed by atoms with Gasteiger partial charge in [0.25, 0.3) is 0 Å². The van der Waals surface area contributed by atoms with Crippen LogP contribution in [0.25, 0.3) is 0 Å². The molecular weight excluding hydrogens is 152 g/mol. The number of nitrogens with one attached hydrogen (secondary N) is 1. The summed E-state index contributed by atoms with van der Waals surface area (Å²) in [7, 11) is 0. The average molecular weight is 164 g/mol. The number of thiocarbonyl (C=S) groups is 1. The first-order valence-corrected chi connectivity index (χ1v) is 3.80. The highest BCUT2D eigenvalue weighted by Gasteiger charge is 1.95. The highest BCUT2D eigenvalue weighted by Crippen LogP contribution is 1.83. The normalized spacial score (nSPS) is 9.78. The van der Waals surface area contributed by atoms with E-state index in [1.54, 1.807) is 0 Å². The molecule has 0 heterocycles. The van der Waals surface area contributed by atoms with Crippen molar-refractivity contribution in [1.82, 2.24) is 10.4 Å². The van der Waals surface area contributed by atoms with Crippen LogP contribution in [0.15, 0.2) is 0 Å².